The lowest BCUT2D eigenvalue weighted by molar-refractivity contribution is -0.117. The molecule has 2 heterocycles. The van der Waals surface area contributed by atoms with Crippen molar-refractivity contribution in [2.45, 2.75) is 12.3 Å². The lowest BCUT2D eigenvalue weighted by Gasteiger charge is -2.16. The van der Waals surface area contributed by atoms with Gasteiger partial charge in [0.2, 0.25) is 16.9 Å². The largest absolute Gasteiger partial charge is 0.497 e. The predicted octanol–water partition coefficient (Wildman–Crippen LogP) is 3.86. The molecule has 3 aromatic rings. The number of methoxy groups -OCH3 is 1. The molecule has 0 radical (unpaired) electrons. The van der Waals surface area contributed by atoms with Gasteiger partial charge < -0.3 is 9.64 Å². The standard InChI is InChI=1S/C22H19FN4O3S/c1-30-18-9-2-14(3-10-18)4-11-19(28)24-22-26-25-21(31-22)15-12-20(29)27(13-15)17-7-5-16(23)6-8-17/h2-11,15H,12-13H2,1H3,(H,24,26,28)/b11-4+. The fourth-order valence-corrected chi connectivity index (χ4v) is 4.07. The van der Waals surface area contributed by atoms with Crippen molar-refractivity contribution in [2.75, 3.05) is 23.9 Å². The van der Waals surface area contributed by atoms with Crippen LogP contribution < -0.4 is 15.0 Å². The van der Waals surface area contributed by atoms with Gasteiger partial charge in [0, 0.05) is 30.6 Å². The first-order valence-electron chi connectivity index (χ1n) is 9.54. The minimum Gasteiger partial charge on any atom is -0.497 e. The molecule has 2 amide bonds. The van der Waals surface area contributed by atoms with Crippen LogP contribution in [0.25, 0.3) is 6.08 Å². The van der Waals surface area contributed by atoms with E-state index in [-0.39, 0.29) is 30.0 Å². The van der Waals surface area contributed by atoms with Crippen LogP contribution in [0.3, 0.4) is 0 Å². The van der Waals surface area contributed by atoms with Crippen LogP contribution >= 0.6 is 11.3 Å². The van der Waals surface area contributed by atoms with Crippen molar-refractivity contribution in [3.8, 4) is 5.75 Å². The van der Waals surface area contributed by atoms with Gasteiger partial charge in [-0.15, -0.1) is 10.2 Å². The minimum atomic E-state index is -0.350. The number of aromatic nitrogens is 2. The highest BCUT2D eigenvalue weighted by Gasteiger charge is 2.33. The molecule has 0 spiro atoms. The van der Waals surface area contributed by atoms with Crippen molar-refractivity contribution < 1.29 is 18.7 Å². The molecule has 1 N–H and O–H groups in total. The van der Waals surface area contributed by atoms with Gasteiger partial charge in [0.25, 0.3) is 0 Å². The van der Waals surface area contributed by atoms with Gasteiger partial charge in [-0.2, -0.15) is 0 Å². The molecule has 31 heavy (non-hydrogen) atoms. The van der Waals surface area contributed by atoms with E-state index in [0.717, 1.165) is 11.3 Å². The van der Waals surface area contributed by atoms with Crippen molar-refractivity contribution in [3.63, 3.8) is 0 Å². The van der Waals surface area contributed by atoms with Gasteiger partial charge in [-0.1, -0.05) is 23.5 Å². The molecule has 2 aromatic carbocycles. The van der Waals surface area contributed by atoms with Crippen LogP contribution in [-0.2, 0) is 9.59 Å². The van der Waals surface area contributed by atoms with Crippen LogP contribution in [-0.4, -0.2) is 35.7 Å². The molecule has 158 valence electrons. The van der Waals surface area contributed by atoms with Crippen LogP contribution in [0.5, 0.6) is 5.75 Å². The number of carbonyl (C=O) groups excluding carboxylic acids is 2. The lowest BCUT2D eigenvalue weighted by atomic mass is 10.1. The zero-order valence-electron chi connectivity index (χ0n) is 16.6. The first kappa shape index (κ1) is 20.7. The summed E-state index contributed by atoms with van der Waals surface area (Å²) >= 11 is 1.24. The maximum absolute atomic E-state index is 13.1. The number of hydrogen-bond acceptors (Lipinski definition) is 6. The zero-order valence-corrected chi connectivity index (χ0v) is 17.4. The number of anilines is 2. The number of amides is 2. The van der Waals surface area contributed by atoms with Gasteiger partial charge in [-0.05, 0) is 48.0 Å². The monoisotopic (exact) mass is 438 g/mol. The number of nitrogens with one attached hydrogen (secondary N) is 1. The first-order valence-corrected chi connectivity index (χ1v) is 10.4. The second-order valence-corrected chi connectivity index (χ2v) is 7.93. The number of nitrogens with zero attached hydrogens (tertiary/aromatic N) is 3. The van der Waals surface area contributed by atoms with Crippen LogP contribution in [0.15, 0.2) is 54.6 Å². The van der Waals surface area contributed by atoms with Gasteiger partial charge in [0.1, 0.15) is 16.6 Å². The summed E-state index contributed by atoms with van der Waals surface area (Å²) in [6.45, 7) is 0.435. The number of halogens is 1. The summed E-state index contributed by atoms with van der Waals surface area (Å²) in [7, 11) is 1.59. The van der Waals surface area contributed by atoms with Gasteiger partial charge in [0.05, 0.1) is 7.11 Å². The Hall–Kier alpha value is -3.59. The summed E-state index contributed by atoms with van der Waals surface area (Å²) in [6.07, 6.45) is 3.39. The summed E-state index contributed by atoms with van der Waals surface area (Å²) in [6, 6.07) is 13.1. The third-order valence-electron chi connectivity index (χ3n) is 4.83. The maximum Gasteiger partial charge on any atom is 0.250 e. The zero-order chi connectivity index (χ0) is 21.8. The molecule has 7 nitrogen and oxygen atoms in total. The van der Waals surface area contributed by atoms with Crippen molar-refractivity contribution >= 4 is 40.0 Å². The average molecular weight is 438 g/mol. The second-order valence-electron chi connectivity index (χ2n) is 6.92. The molecule has 1 fully saturated rings. The Morgan fingerprint density at radius 2 is 1.94 bits per heavy atom. The van der Waals surface area contributed by atoms with E-state index in [1.807, 2.05) is 24.3 Å². The fourth-order valence-electron chi connectivity index (χ4n) is 3.23. The number of benzene rings is 2. The van der Waals surface area contributed by atoms with E-state index in [2.05, 4.69) is 15.5 Å². The molecule has 9 heteroatoms. The van der Waals surface area contributed by atoms with Gasteiger partial charge in [0.15, 0.2) is 0 Å². The summed E-state index contributed by atoms with van der Waals surface area (Å²) < 4.78 is 18.2. The summed E-state index contributed by atoms with van der Waals surface area (Å²) in [4.78, 5) is 26.2. The van der Waals surface area contributed by atoms with Crippen LogP contribution in [0, 0.1) is 5.82 Å². The lowest BCUT2D eigenvalue weighted by Crippen LogP contribution is -2.24. The van der Waals surface area contributed by atoms with E-state index in [1.165, 1.54) is 29.5 Å². The third-order valence-corrected chi connectivity index (χ3v) is 5.83. The molecule has 1 aliphatic rings. The van der Waals surface area contributed by atoms with Crippen molar-refractivity contribution in [1.82, 2.24) is 10.2 Å². The molecule has 0 bridgehead atoms. The SMILES string of the molecule is COc1ccc(/C=C/C(=O)Nc2nnc(C3CC(=O)N(c4ccc(F)cc4)C3)s2)cc1. The van der Waals surface area contributed by atoms with E-state index >= 15 is 0 Å². The van der Waals surface area contributed by atoms with Gasteiger partial charge in [-0.25, -0.2) is 4.39 Å². The predicted molar refractivity (Wildman–Crippen MR) is 117 cm³/mol. The fraction of sp³-hybridized carbons (Fsp3) is 0.182. The number of ether oxygens (including phenoxy) is 1. The molecule has 4 rings (SSSR count). The van der Waals surface area contributed by atoms with Crippen LogP contribution in [0.4, 0.5) is 15.2 Å². The Morgan fingerprint density at radius 1 is 1.19 bits per heavy atom. The quantitative estimate of drug-likeness (QED) is 0.591. The van der Waals surface area contributed by atoms with Crippen molar-refractivity contribution in [3.05, 3.63) is 71.0 Å². The highest BCUT2D eigenvalue weighted by molar-refractivity contribution is 7.15. The van der Waals surface area contributed by atoms with E-state index in [4.69, 9.17) is 4.74 Å². The molecule has 1 unspecified atom stereocenters. The van der Waals surface area contributed by atoms with Gasteiger partial charge in [-0.3, -0.25) is 14.9 Å². The molecular formula is C22H19FN4O3S. The van der Waals surface area contributed by atoms with Gasteiger partial charge >= 0.3 is 0 Å². The summed E-state index contributed by atoms with van der Waals surface area (Å²) in [5.41, 5.74) is 1.51. The van der Waals surface area contributed by atoms with E-state index in [0.29, 0.717) is 22.4 Å². The Balaban J connectivity index is 1.36. The van der Waals surface area contributed by atoms with E-state index in [9.17, 15) is 14.0 Å². The molecule has 0 saturated carbocycles. The molecule has 1 aromatic heterocycles. The third kappa shape index (κ3) is 4.95. The molecule has 1 aliphatic heterocycles. The Morgan fingerprint density at radius 3 is 2.65 bits per heavy atom. The Labute approximate surface area is 182 Å². The van der Waals surface area contributed by atoms with E-state index in [1.54, 1.807) is 30.2 Å². The summed E-state index contributed by atoms with van der Waals surface area (Å²) in [5.74, 6) is -0.117. The molecular weight excluding hydrogens is 419 g/mol. The smallest absolute Gasteiger partial charge is 0.250 e. The maximum atomic E-state index is 13.1. The molecule has 1 saturated heterocycles. The number of carbonyl (C=O) groups is 2. The highest BCUT2D eigenvalue weighted by atomic mass is 32.1. The topological polar surface area (TPSA) is 84.4 Å². The van der Waals surface area contributed by atoms with Crippen LogP contribution in [0.1, 0.15) is 22.9 Å². The second kappa shape index (κ2) is 9.05. The van der Waals surface area contributed by atoms with Crippen LogP contribution in [0.2, 0.25) is 0 Å². The average Bonchev–Trinajstić information content (AvgIpc) is 3.40. The molecule has 0 aliphatic carbocycles. The normalized spacial score (nSPS) is 16.1. The Kier molecular flexibility index (Phi) is 6.03. The number of rotatable bonds is 6. The minimum absolute atomic E-state index is 0.0557. The Bertz CT molecular complexity index is 1110. The van der Waals surface area contributed by atoms with Crippen molar-refractivity contribution in [1.29, 1.82) is 0 Å². The van der Waals surface area contributed by atoms with E-state index < -0.39 is 0 Å². The summed E-state index contributed by atoms with van der Waals surface area (Å²) in [5, 5.41) is 11.9. The van der Waals surface area contributed by atoms with Crippen molar-refractivity contribution in [2.24, 2.45) is 0 Å². The molecule has 1 atom stereocenters. The number of hydrogen-bond donors (Lipinski definition) is 1. The first-order chi connectivity index (χ1) is 15.0. The highest BCUT2D eigenvalue weighted by Crippen LogP contribution is 2.34.